The van der Waals surface area contributed by atoms with Gasteiger partial charge in [-0.05, 0) is 67.9 Å². The molecule has 126 valence electrons. The van der Waals surface area contributed by atoms with E-state index in [2.05, 4.69) is 64.8 Å². The average molecular weight is 320 g/mol. The molecule has 0 aromatic heterocycles. The van der Waals surface area contributed by atoms with Crippen molar-refractivity contribution in [3.63, 3.8) is 0 Å². The van der Waals surface area contributed by atoms with E-state index in [0.717, 1.165) is 12.5 Å². The van der Waals surface area contributed by atoms with Gasteiger partial charge >= 0.3 is 0 Å². The lowest BCUT2D eigenvalue weighted by molar-refractivity contribution is 0.173. The Morgan fingerprint density at radius 2 is 1.46 bits per heavy atom. The second-order valence-electron chi connectivity index (χ2n) is 7.49. The predicted molar refractivity (Wildman–Crippen MR) is 100 cm³/mol. The van der Waals surface area contributed by atoms with E-state index >= 15 is 0 Å². The Morgan fingerprint density at radius 1 is 0.833 bits per heavy atom. The zero-order valence-electron chi connectivity index (χ0n) is 14.5. The first-order valence-corrected chi connectivity index (χ1v) is 9.43. The molecule has 1 fully saturated rings. The summed E-state index contributed by atoms with van der Waals surface area (Å²) in [6.45, 7) is 4.79. The third-order valence-corrected chi connectivity index (χ3v) is 5.70. The van der Waals surface area contributed by atoms with Gasteiger partial charge in [-0.2, -0.15) is 0 Å². The number of fused-ring (bicyclic) bond motifs is 1. The molecule has 0 atom stereocenters. The minimum atomic E-state index is 0.657. The Bertz CT molecular complexity index is 619. The molecule has 1 aliphatic carbocycles. The molecule has 0 saturated carbocycles. The summed E-state index contributed by atoms with van der Waals surface area (Å²) in [7, 11) is 0. The number of likely N-dealkylation sites (tertiary alicyclic amines) is 1. The van der Waals surface area contributed by atoms with Crippen molar-refractivity contribution in [2.75, 3.05) is 19.6 Å². The molecule has 2 aromatic rings. The molecule has 2 aromatic carbocycles. The van der Waals surface area contributed by atoms with Gasteiger partial charge in [0.15, 0.2) is 0 Å². The Balaban J connectivity index is 1.19. The highest BCUT2D eigenvalue weighted by molar-refractivity contribution is 5.33. The van der Waals surface area contributed by atoms with Crippen LogP contribution in [0.4, 0.5) is 0 Å². The van der Waals surface area contributed by atoms with Crippen LogP contribution < -0.4 is 5.32 Å². The maximum Gasteiger partial charge on any atom is 0.0233 e. The molecule has 1 heterocycles. The Hall–Kier alpha value is -1.64. The van der Waals surface area contributed by atoms with Crippen molar-refractivity contribution in [3.8, 4) is 0 Å². The minimum absolute atomic E-state index is 0.657. The van der Waals surface area contributed by atoms with Crippen LogP contribution in [0.25, 0.3) is 0 Å². The summed E-state index contributed by atoms with van der Waals surface area (Å²) in [6, 6.07) is 20.5. The van der Waals surface area contributed by atoms with Crippen LogP contribution in [-0.2, 0) is 19.4 Å². The molecule has 0 bridgehead atoms. The fourth-order valence-electron chi connectivity index (χ4n) is 4.23. The first-order chi connectivity index (χ1) is 11.9. The maximum atomic E-state index is 3.84. The Kier molecular flexibility index (Phi) is 4.96. The van der Waals surface area contributed by atoms with E-state index in [0.29, 0.717) is 6.04 Å². The maximum absolute atomic E-state index is 3.84. The normalized spacial score (nSPS) is 19.5. The average Bonchev–Trinajstić information content (AvgIpc) is 3.05. The lowest BCUT2D eigenvalue weighted by atomic mass is 9.96. The highest BCUT2D eigenvalue weighted by atomic mass is 15.1. The highest BCUT2D eigenvalue weighted by Gasteiger charge is 2.23. The van der Waals surface area contributed by atoms with E-state index in [9.17, 15) is 0 Å². The van der Waals surface area contributed by atoms with Gasteiger partial charge in [0, 0.05) is 12.6 Å². The van der Waals surface area contributed by atoms with Crippen LogP contribution in [0.2, 0.25) is 0 Å². The monoisotopic (exact) mass is 320 g/mol. The standard InChI is InChI=1S/C22H28N2/c1-2-6-19(7-3-1)17-24-12-10-18(11-13-24)16-23-22-14-20-8-4-5-9-21(20)15-22/h1-9,18,22-23H,10-17H2. The SMILES string of the molecule is c1ccc(CN2CCC(CNC3Cc4ccccc4C3)CC2)cc1. The summed E-state index contributed by atoms with van der Waals surface area (Å²) in [5.74, 6) is 0.848. The van der Waals surface area contributed by atoms with E-state index in [4.69, 9.17) is 0 Å². The summed E-state index contributed by atoms with van der Waals surface area (Å²) in [5, 5.41) is 3.84. The van der Waals surface area contributed by atoms with Crippen molar-refractivity contribution in [2.24, 2.45) is 5.92 Å². The van der Waals surface area contributed by atoms with Crippen molar-refractivity contribution in [3.05, 3.63) is 71.3 Å². The number of hydrogen-bond acceptors (Lipinski definition) is 2. The van der Waals surface area contributed by atoms with Gasteiger partial charge in [0.2, 0.25) is 0 Å². The van der Waals surface area contributed by atoms with Crippen LogP contribution in [0.1, 0.15) is 29.5 Å². The first-order valence-electron chi connectivity index (χ1n) is 9.43. The molecule has 1 saturated heterocycles. The van der Waals surface area contributed by atoms with Crippen molar-refractivity contribution >= 4 is 0 Å². The zero-order valence-corrected chi connectivity index (χ0v) is 14.5. The Labute approximate surface area is 145 Å². The molecule has 2 heteroatoms. The third kappa shape index (κ3) is 3.88. The van der Waals surface area contributed by atoms with Gasteiger partial charge in [-0.25, -0.2) is 0 Å². The van der Waals surface area contributed by atoms with E-state index in [1.54, 1.807) is 11.1 Å². The number of piperidine rings is 1. The van der Waals surface area contributed by atoms with Crippen molar-refractivity contribution in [1.82, 2.24) is 10.2 Å². The molecule has 1 aliphatic heterocycles. The summed E-state index contributed by atoms with van der Waals surface area (Å²) >= 11 is 0. The van der Waals surface area contributed by atoms with Gasteiger partial charge in [0.25, 0.3) is 0 Å². The van der Waals surface area contributed by atoms with Crippen LogP contribution in [-0.4, -0.2) is 30.6 Å². The summed E-state index contributed by atoms with van der Waals surface area (Å²) < 4.78 is 0. The van der Waals surface area contributed by atoms with Gasteiger partial charge < -0.3 is 5.32 Å². The largest absolute Gasteiger partial charge is 0.313 e. The van der Waals surface area contributed by atoms with Crippen LogP contribution >= 0.6 is 0 Å². The lowest BCUT2D eigenvalue weighted by Gasteiger charge is -2.32. The van der Waals surface area contributed by atoms with E-state index in [1.165, 1.54) is 50.9 Å². The molecular formula is C22H28N2. The zero-order chi connectivity index (χ0) is 16.2. The van der Waals surface area contributed by atoms with Gasteiger partial charge in [-0.15, -0.1) is 0 Å². The topological polar surface area (TPSA) is 15.3 Å². The van der Waals surface area contributed by atoms with Gasteiger partial charge in [-0.1, -0.05) is 54.6 Å². The van der Waals surface area contributed by atoms with Crippen LogP contribution in [0.15, 0.2) is 54.6 Å². The number of hydrogen-bond donors (Lipinski definition) is 1. The van der Waals surface area contributed by atoms with E-state index < -0.39 is 0 Å². The van der Waals surface area contributed by atoms with Crippen molar-refractivity contribution < 1.29 is 0 Å². The smallest absolute Gasteiger partial charge is 0.0233 e. The van der Waals surface area contributed by atoms with Crippen LogP contribution in [0, 0.1) is 5.92 Å². The predicted octanol–water partition coefficient (Wildman–Crippen LogP) is 3.66. The first kappa shape index (κ1) is 15.9. The summed E-state index contributed by atoms with van der Waals surface area (Å²) in [6.07, 6.45) is 5.09. The minimum Gasteiger partial charge on any atom is -0.313 e. The number of rotatable bonds is 5. The molecule has 0 amide bonds. The van der Waals surface area contributed by atoms with Gasteiger partial charge in [-0.3, -0.25) is 4.90 Å². The number of benzene rings is 2. The lowest BCUT2D eigenvalue weighted by Crippen LogP contribution is -2.40. The van der Waals surface area contributed by atoms with Crippen molar-refractivity contribution in [2.45, 2.75) is 38.3 Å². The van der Waals surface area contributed by atoms with Gasteiger partial charge in [0.1, 0.15) is 0 Å². The molecule has 2 aliphatic rings. The summed E-state index contributed by atoms with van der Waals surface area (Å²) in [5.41, 5.74) is 4.54. The quantitative estimate of drug-likeness (QED) is 0.904. The molecule has 0 spiro atoms. The molecule has 0 radical (unpaired) electrons. The molecule has 1 N–H and O–H groups in total. The third-order valence-electron chi connectivity index (χ3n) is 5.70. The second-order valence-corrected chi connectivity index (χ2v) is 7.49. The molecule has 4 rings (SSSR count). The van der Waals surface area contributed by atoms with Gasteiger partial charge in [0.05, 0.1) is 0 Å². The van der Waals surface area contributed by atoms with Crippen LogP contribution in [0.5, 0.6) is 0 Å². The number of nitrogens with one attached hydrogen (secondary N) is 1. The number of nitrogens with zero attached hydrogens (tertiary/aromatic N) is 1. The second kappa shape index (κ2) is 7.50. The van der Waals surface area contributed by atoms with Crippen LogP contribution in [0.3, 0.4) is 0 Å². The van der Waals surface area contributed by atoms with E-state index in [1.807, 2.05) is 0 Å². The van der Waals surface area contributed by atoms with Crippen molar-refractivity contribution in [1.29, 1.82) is 0 Å². The molecule has 0 unspecified atom stereocenters. The fourth-order valence-corrected chi connectivity index (χ4v) is 4.23. The van der Waals surface area contributed by atoms with E-state index in [-0.39, 0.29) is 0 Å². The highest BCUT2D eigenvalue weighted by Crippen LogP contribution is 2.23. The fraction of sp³-hybridized carbons (Fsp3) is 0.455. The summed E-state index contributed by atoms with van der Waals surface area (Å²) in [4.78, 5) is 2.61. The molecule has 2 nitrogen and oxygen atoms in total. The molecular weight excluding hydrogens is 292 g/mol. The Morgan fingerprint density at radius 3 is 2.12 bits per heavy atom. The molecule has 24 heavy (non-hydrogen) atoms.